The molecule has 0 aliphatic carbocycles. The van der Waals surface area contributed by atoms with Gasteiger partial charge < -0.3 is 5.11 Å². The van der Waals surface area contributed by atoms with E-state index in [1.807, 2.05) is 0 Å². The van der Waals surface area contributed by atoms with Gasteiger partial charge in [0.25, 0.3) is 0 Å². The Balaban J connectivity index is 1.97. The summed E-state index contributed by atoms with van der Waals surface area (Å²) < 4.78 is 13.3. The van der Waals surface area contributed by atoms with Gasteiger partial charge >= 0.3 is 5.97 Å². The summed E-state index contributed by atoms with van der Waals surface area (Å²) in [6.07, 6.45) is 2.35. The summed E-state index contributed by atoms with van der Waals surface area (Å²) in [6.45, 7) is 0. The van der Waals surface area contributed by atoms with Gasteiger partial charge in [-0.05, 0) is 12.1 Å². The Kier molecular flexibility index (Phi) is 4.78. The van der Waals surface area contributed by atoms with Crippen molar-refractivity contribution in [2.24, 2.45) is 0 Å². The molecule has 0 saturated heterocycles. The summed E-state index contributed by atoms with van der Waals surface area (Å²) in [5.74, 6) is -1.87. The van der Waals surface area contributed by atoms with Crippen molar-refractivity contribution in [2.45, 2.75) is 6.42 Å². The molecule has 0 spiro atoms. The highest BCUT2D eigenvalue weighted by Gasteiger charge is 2.07. The number of aromatic nitrogens is 1. The zero-order valence-corrected chi connectivity index (χ0v) is 11.6. The fourth-order valence-corrected chi connectivity index (χ4v) is 2.24. The number of aliphatic carboxylic acids is 1. The van der Waals surface area contributed by atoms with Crippen LogP contribution in [0.4, 0.5) is 9.52 Å². The normalized spacial score (nSPS) is 10.7. The number of hydrogen-bond acceptors (Lipinski definition) is 4. The molecular formula is C14H11FN2O3S. The van der Waals surface area contributed by atoms with Crippen LogP contribution < -0.4 is 5.32 Å². The quantitative estimate of drug-likeness (QED) is 0.832. The number of halogens is 1. The highest BCUT2D eigenvalue weighted by molar-refractivity contribution is 7.14. The van der Waals surface area contributed by atoms with E-state index in [-0.39, 0.29) is 6.42 Å². The molecule has 0 aliphatic heterocycles. The van der Waals surface area contributed by atoms with Crippen molar-refractivity contribution < 1.29 is 19.1 Å². The van der Waals surface area contributed by atoms with Gasteiger partial charge in [0.2, 0.25) is 5.91 Å². The summed E-state index contributed by atoms with van der Waals surface area (Å²) in [7, 11) is 0. The van der Waals surface area contributed by atoms with Gasteiger partial charge in [0.15, 0.2) is 5.13 Å². The van der Waals surface area contributed by atoms with Crippen molar-refractivity contribution >= 4 is 34.4 Å². The smallest absolute Gasteiger partial charge is 0.309 e. The van der Waals surface area contributed by atoms with Crippen molar-refractivity contribution in [1.82, 2.24) is 4.98 Å². The second-order valence-electron chi connectivity index (χ2n) is 4.06. The van der Waals surface area contributed by atoms with Crippen molar-refractivity contribution in [3.05, 3.63) is 52.8 Å². The molecule has 1 aromatic heterocycles. The van der Waals surface area contributed by atoms with E-state index in [0.29, 0.717) is 16.4 Å². The fourth-order valence-electron chi connectivity index (χ4n) is 1.52. The molecular weight excluding hydrogens is 295 g/mol. The van der Waals surface area contributed by atoms with E-state index in [1.54, 1.807) is 23.6 Å². The zero-order chi connectivity index (χ0) is 15.2. The average Bonchev–Trinajstić information content (AvgIpc) is 2.84. The molecule has 0 radical (unpaired) electrons. The Morgan fingerprint density at radius 3 is 2.86 bits per heavy atom. The maximum absolute atomic E-state index is 13.3. The number of carbonyl (C=O) groups is 2. The minimum atomic E-state index is -0.988. The van der Waals surface area contributed by atoms with Crippen LogP contribution in [0.5, 0.6) is 0 Å². The number of thiazole rings is 1. The molecule has 0 aliphatic rings. The molecule has 0 bridgehead atoms. The lowest BCUT2D eigenvalue weighted by Crippen LogP contribution is -2.08. The molecule has 2 N–H and O–H groups in total. The largest absolute Gasteiger partial charge is 0.481 e. The van der Waals surface area contributed by atoms with Crippen molar-refractivity contribution in [2.75, 3.05) is 5.32 Å². The number of nitrogens with zero attached hydrogens (tertiary/aromatic N) is 1. The van der Waals surface area contributed by atoms with E-state index < -0.39 is 17.7 Å². The number of hydrogen-bond donors (Lipinski definition) is 2. The molecule has 21 heavy (non-hydrogen) atoms. The number of nitrogens with one attached hydrogen (secondary N) is 1. The minimum Gasteiger partial charge on any atom is -0.481 e. The van der Waals surface area contributed by atoms with Gasteiger partial charge in [0, 0.05) is 17.0 Å². The number of carbonyl (C=O) groups excluding carboxylic acids is 1. The maximum atomic E-state index is 13.3. The van der Waals surface area contributed by atoms with Crippen LogP contribution in [0.3, 0.4) is 0 Å². The maximum Gasteiger partial charge on any atom is 0.309 e. The highest BCUT2D eigenvalue weighted by atomic mass is 32.1. The van der Waals surface area contributed by atoms with Gasteiger partial charge in [0.1, 0.15) is 5.82 Å². The molecule has 1 aromatic carbocycles. The number of carboxylic acid groups (broad SMARTS) is 1. The predicted octanol–water partition coefficient (Wildman–Crippen LogP) is 2.56. The van der Waals surface area contributed by atoms with Crippen LogP contribution in [0.2, 0.25) is 0 Å². The van der Waals surface area contributed by atoms with E-state index in [0.717, 1.165) is 11.3 Å². The standard InChI is InChI=1S/C14H11FN2O3S/c15-11-4-2-1-3-9(11)5-6-12(18)17-14-16-10(8-21-14)7-13(19)20/h1-6,8H,7H2,(H,19,20)(H,16,17,18)/b6-5+. The Morgan fingerprint density at radius 2 is 2.14 bits per heavy atom. The topological polar surface area (TPSA) is 79.3 Å². The number of anilines is 1. The summed E-state index contributed by atoms with van der Waals surface area (Å²) >= 11 is 1.13. The Bertz CT molecular complexity index is 697. The number of amides is 1. The first-order valence-corrected chi connectivity index (χ1v) is 6.82. The van der Waals surface area contributed by atoms with Crippen LogP contribution in [0.25, 0.3) is 6.08 Å². The molecule has 5 nitrogen and oxygen atoms in total. The molecule has 108 valence electrons. The van der Waals surface area contributed by atoms with Gasteiger partial charge in [-0.15, -0.1) is 11.3 Å². The van der Waals surface area contributed by atoms with Gasteiger partial charge in [-0.25, -0.2) is 9.37 Å². The van der Waals surface area contributed by atoms with Gasteiger partial charge in [0.05, 0.1) is 12.1 Å². The lowest BCUT2D eigenvalue weighted by molar-refractivity contribution is -0.136. The molecule has 0 atom stereocenters. The number of carboxylic acids is 1. The zero-order valence-electron chi connectivity index (χ0n) is 10.7. The average molecular weight is 306 g/mol. The summed E-state index contributed by atoms with van der Waals surface area (Å²) in [5, 5.41) is 13.0. The van der Waals surface area contributed by atoms with Crippen LogP contribution >= 0.6 is 11.3 Å². The van der Waals surface area contributed by atoms with Crippen LogP contribution in [0, 0.1) is 5.82 Å². The van der Waals surface area contributed by atoms with E-state index in [9.17, 15) is 14.0 Å². The molecule has 0 saturated carbocycles. The van der Waals surface area contributed by atoms with Crippen molar-refractivity contribution in [3.8, 4) is 0 Å². The molecule has 0 unspecified atom stereocenters. The summed E-state index contributed by atoms with van der Waals surface area (Å²) in [6, 6.07) is 6.08. The molecule has 7 heteroatoms. The Morgan fingerprint density at radius 1 is 1.38 bits per heavy atom. The van der Waals surface area contributed by atoms with Crippen LogP contribution in [0.1, 0.15) is 11.3 Å². The summed E-state index contributed by atoms with van der Waals surface area (Å²) in [4.78, 5) is 26.1. The molecule has 2 rings (SSSR count). The molecule has 0 fully saturated rings. The predicted molar refractivity (Wildman–Crippen MR) is 77.5 cm³/mol. The van der Waals surface area contributed by atoms with Gasteiger partial charge in [-0.1, -0.05) is 18.2 Å². The minimum absolute atomic E-state index is 0.197. The van der Waals surface area contributed by atoms with Crippen LogP contribution in [-0.2, 0) is 16.0 Å². The lowest BCUT2D eigenvalue weighted by atomic mass is 10.2. The van der Waals surface area contributed by atoms with Gasteiger partial charge in [-0.3, -0.25) is 14.9 Å². The highest BCUT2D eigenvalue weighted by Crippen LogP contribution is 2.16. The first kappa shape index (κ1) is 14.9. The molecule has 2 aromatic rings. The SMILES string of the molecule is O=C(O)Cc1csc(NC(=O)/C=C/c2ccccc2F)n1. The third kappa shape index (κ3) is 4.50. The second-order valence-corrected chi connectivity index (χ2v) is 4.92. The second kappa shape index (κ2) is 6.76. The van der Waals surface area contributed by atoms with E-state index in [1.165, 1.54) is 18.2 Å². The van der Waals surface area contributed by atoms with Crippen molar-refractivity contribution in [1.29, 1.82) is 0 Å². The Hall–Kier alpha value is -2.54. The number of rotatable bonds is 5. The van der Waals surface area contributed by atoms with E-state index in [4.69, 9.17) is 5.11 Å². The molecule has 1 heterocycles. The monoisotopic (exact) mass is 306 g/mol. The van der Waals surface area contributed by atoms with E-state index in [2.05, 4.69) is 10.3 Å². The van der Waals surface area contributed by atoms with E-state index >= 15 is 0 Å². The summed E-state index contributed by atoms with van der Waals surface area (Å²) in [5.41, 5.74) is 0.680. The molecule has 1 amide bonds. The first-order valence-electron chi connectivity index (χ1n) is 5.94. The third-order valence-electron chi connectivity index (χ3n) is 2.43. The van der Waals surface area contributed by atoms with Crippen LogP contribution in [-0.4, -0.2) is 22.0 Å². The third-order valence-corrected chi connectivity index (χ3v) is 3.24. The van der Waals surface area contributed by atoms with Crippen LogP contribution in [0.15, 0.2) is 35.7 Å². The Labute approximate surface area is 123 Å². The number of benzene rings is 1. The fraction of sp³-hybridized carbons (Fsp3) is 0.0714. The van der Waals surface area contributed by atoms with Crippen molar-refractivity contribution in [3.63, 3.8) is 0 Å². The van der Waals surface area contributed by atoms with Gasteiger partial charge in [-0.2, -0.15) is 0 Å². The lowest BCUT2D eigenvalue weighted by Gasteiger charge is -1.97. The first-order chi connectivity index (χ1) is 10.0.